The van der Waals surface area contributed by atoms with Crippen LogP contribution in [-0.2, 0) is 0 Å². The highest BCUT2D eigenvalue weighted by molar-refractivity contribution is 14.1. The maximum Gasteiger partial charge on any atom is 0.391 e. The molecule has 0 heterocycles. The molecule has 1 N–H and O–H groups in total. The Hall–Kier alpha value is -0.170. The van der Waals surface area contributed by atoms with Crippen molar-refractivity contribution in [1.29, 1.82) is 0 Å². The van der Waals surface area contributed by atoms with E-state index in [0.717, 1.165) is 9.26 Å². The van der Waals surface area contributed by atoms with Gasteiger partial charge >= 0.3 is 6.18 Å². The first-order valence-corrected chi connectivity index (χ1v) is 7.60. The second kappa shape index (κ2) is 6.08. The molecule has 0 saturated heterocycles. The predicted molar refractivity (Wildman–Crippen MR) is 79.6 cm³/mol. The summed E-state index contributed by atoms with van der Waals surface area (Å²) in [4.78, 5) is 0. The fourth-order valence-corrected chi connectivity index (χ4v) is 3.30. The molecule has 6 heteroatoms. The second-order valence-corrected chi connectivity index (χ2v) is 6.51. The first-order chi connectivity index (χ1) is 8.86. The zero-order valence-electron chi connectivity index (χ0n) is 10.1. The van der Waals surface area contributed by atoms with Gasteiger partial charge in [0.1, 0.15) is 0 Å². The molecule has 1 aliphatic rings. The van der Waals surface area contributed by atoms with E-state index in [0.29, 0.717) is 17.9 Å². The van der Waals surface area contributed by atoms with Gasteiger partial charge in [-0.05, 0) is 66.5 Å². The molecule has 1 aliphatic carbocycles. The van der Waals surface area contributed by atoms with Crippen molar-refractivity contribution < 1.29 is 13.2 Å². The van der Waals surface area contributed by atoms with Gasteiger partial charge in [-0.1, -0.05) is 11.6 Å². The van der Waals surface area contributed by atoms with Crippen LogP contribution in [0.2, 0.25) is 5.02 Å². The standard InChI is InChI=1S/C13H14ClF3IN/c14-11-7-9(18)3-6-12(11)19-10-4-1-8(2-5-10)13(15,16)17/h3,6-8,10,19H,1-2,4-5H2. The molecule has 0 aromatic heterocycles. The van der Waals surface area contributed by atoms with Gasteiger partial charge in [0.15, 0.2) is 0 Å². The van der Waals surface area contributed by atoms with Crippen molar-refractivity contribution in [1.82, 2.24) is 0 Å². The zero-order valence-corrected chi connectivity index (χ0v) is 13.0. The van der Waals surface area contributed by atoms with Crippen LogP contribution in [0.1, 0.15) is 25.7 Å². The van der Waals surface area contributed by atoms with Crippen molar-refractivity contribution in [2.75, 3.05) is 5.32 Å². The van der Waals surface area contributed by atoms with Crippen molar-refractivity contribution >= 4 is 39.9 Å². The van der Waals surface area contributed by atoms with E-state index in [4.69, 9.17) is 11.6 Å². The minimum absolute atomic E-state index is 0.0798. The van der Waals surface area contributed by atoms with Crippen LogP contribution in [0.15, 0.2) is 18.2 Å². The minimum atomic E-state index is -4.05. The van der Waals surface area contributed by atoms with Crippen LogP contribution < -0.4 is 5.32 Å². The van der Waals surface area contributed by atoms with Crippen molar-refractivity contribution in [3.05, 3.63) is 26.8 Å². The van der Waals surface area contributed by atoms with E-state index < -0.39 is 12.1 Å². The van der Waals surface area contributed by atoms with Crippen LogP contribution >= 0.6 is 34.2 Å². The fraction of sp³-hybridized carbons (Fsp3) is 0.538. The second-order valence-electron chi connectivity index (χ2n) is 4.86. The van der Waals surface area contributed by atoms with E-state index in [1.165, 1.54) is 0 Å². The zero-order chi connectivity index (χ0) is 14.0. The lowest BCUT2D eigenvalue weighted by molar-refractivity contribution is -0.182. The highest BCUT2D eigenvalue weighted by Gasteiger charge is 2.41. The van der Waals surface area contributed by atoms with Gasteiger partial charge in [0.05, 0.1) is 16.6 Å². The summed E-state index contributed by atoms with van der Waals surface area (Å²) in [6.45, 7) is 0. The van der Waals surface area contributed by atoms with Crippen molar-refractivity contribution in [2.24, 2.45) is 5.92 Å². The minimum Gasteiger partial charge on any atom is -0.381 e. The molecular weight excluding hydrogens is 390 g/mol. The molecule has 0 amide bonds. The molecule has 0 bridgehead atoms. The van der Waals surface area contributed by atoms with Crippen molar-refractivity contribution in [3.63, 3.8) is 0 Å². The number of hydrogen-bond donors (Lipinski definition) is 1. The lowest BCUT2D eigenvalue weighted by Crippen LogP contribution is -2.32. The highest BCUT2D eigenvalue weighted by atomic mass is 127. The average Bonchev–Trinajstić information content (AvgIpc) is 2.32. The normalized spacial score (nSPS) is 24.3. The van der Waals surface area contributed by atoms with Gasteiger partial charge in [-0.3, -0.25) is 0 Å². The monoisotopic (exact) mass is 403 g/mol. The van der Waals surface area contributed by atoms with Gasteiger partial charge in [0, 0.05) is 9.61 Å². The Labute approximate surface area is 129 Å². The Morgan fingerprint density at radius 2 is 1.79 bits per heavy atom. The summed E-state index contributed by atoms with van der Waals surface area (Å²) in [5, 5.41) is 3.86. The third-order valence-electron chi connectivity index (χ3n) is 3.48. The molecule has 1 saturated carbocycles. The number of nitrogens with one attached hydrogen (secondary N) is 1. The number of anilines is 1. The predicted octanol–water partition coefficient (Wildman–Crippen LogP) is 5.48. The molecule has 1 nitrogen and oxygen atoms in total. The summed E-state index contributed by atoms with van der Waals surface area (Å²) in [6, 6.07) is 5.72. The van der Waals surface area contributed by atoms with E-state index in [1.54, 1.807) is 0 Å². The summed E-state index contributed by atoms with van der Waals surface area (Å²) in [5.41, 5.74) is 0.803. The molecule has 0 atom stereocenters. The molecule has 0 spiro atoms. The first-order valence-electron chi connectivity index (χ1n) is 6.14. The molecule has 0 unspecified atom stereocenters. The third kappa shape index (κ3) is 4.15. The Morgan fingerprint density at radius 1 is 1.16 bits per heavy atom. The van der Waals surface area contributed by atoms with Crippen molar-refractivity contribution in [2.45, 2.75) is 37.9 Å². The average molecular weight is 404 g/mol. The quantitative estimate of drug-likeness (QED) is 0.645. The van der Waals surface area contributed by atoms with Gasteiger partial charge in [-0.25, -0.2) is 0 Å². The summed E-state index contributed by atoms with van der Waals surface area (Å²) < 4.78 is 38.7. The van der Waals surface area contributed by atoms with Gasteiger partial charge in [-0.2, -0.15) is 13.2 Å². The first kappa shape index (κ1) is 15.2. The summed E-state index contributed by atoms with van der Waals surface area (Å²) in [6.07, 6.45) is -2.59. The number of benzene rings is 1. The molecule has 19 heavy (non-hydrogen) atoms. The molecule has 1 fully saturated rings. The number of halogens is 5. The third-order valence-corrected chi connectivity index (χ3v) is 4.46. The Bertz CT molecular complexity index is 442. The summed E-state index contributed by atoms with van der Waals surface area (Å²) in [5.74, 6) is -1.14. The van der Waals surface area contributed by atoms with Crippen molar-refractivity contribution in [3.8, 4) is 0 Å². The van der Waals surface area contributed by atoms with Crippen LogP contribution in [0.3, 0.4) is 0 Å². The number of hydrogen-bond acceptors (Lipinski definition) is 1. The van der Waals surface area contributed by atoms with E-state index >= 15 is 0 Å². The van der Waals surface area contributed by atoms with Gasteiger partial charge in [0.2, 0.25) is 0 Å². The van der Waals surface area contributed by atoms with Gasteiger partial charge < -0.3 is 5.32 Å². The lowest BCUT2D eigenvalue weighted by Gasteiger charge is -2.31. The molecule has 0 radical (unpaired) electrons. The Balaban J connectivity index is 1.92. The Kier molecular flexibility index (Phi) is 4.87. The number of rotatable bonds is 2. The van der Waals surface area contributed by atoms with E-state index in [-0.39, 0.29) is 18.9 Å². The topological polar surface area (TPSA) is 12.0 Å². The lowest BCUT2D eigenvalue weighted by atomic mass is 9.85. The van der Waals surface area contributed by atoms with Crippen LogP contribution in [0.4, 0.5) is 18.9 Å². The van der Waals surface area contributed by atoms with Gasteiger partial charge in [0.25, 0.3) is 0 Å². The maximum atomic E-state index is 12.6. The molecular formula is C13H14ClF3IN. The highest BCUT2D eigenvalue weighted by Crippen LogP contribution is 2.38. The largest absolute Gasteiger partial charge is 0.391 e. The van der Waals surface area contributed by atoms with Crippen LogP contribution in [-0.4, -0.2) is 12.2 Å². The molecule has 1 aromatic carbocycles. The molecule has 106 valence electrons. The maximum absolute atomic E-state index is 12.6. The number of alkyl halides is 3. The fourth-order valence-electron chi connectivity index (χ4n) is 2.39. The molecule has 2 rings (SSSR count). The van der Waals surface area contributed by atoms with Gasteiger partial charge in [-0.15, -0.1) is 0 Å². The SMILES string of the molecule is FC(F)(F)C1CCC(Nc2ccc(I)cc2Cl)CC1. The van der Waals surface area contributed by atoms with E-state index in [2.05, 4.69) is 27.9 Å². The summed E-state index contributed by atoms with van der Waals surface area (Å²) in [7, 11) is 0. The summed E-state index contributed by atoms with van der Waals surface area (Å²) >= 11 is 8.27. The van der Waals surface area contributed by atoms with Crippen LogP contribution in [0.5, 0.6) is 0 Å². The Morgan fingerprint density at radius 3 is 2.32 bits per heavy atom. The van der Waals surface area contributed by atoms with Crippen LogP contribution in [0.25, 0.3) is 0 Å². The molecule has 1 aromatic rings. The van der Waals surface area contributed by atoms with E-state index in [1.807, 2.05) is 18.2 Å². The smallest absolute Gasteiger partial charge is 0.381 e. The van der Waals surface area contributed by atoms with Crippen LogP contribution in [0, 0.1) is 9.49 Å². The van der Waals surface area contributed by atoms with E-state index in [9.17, 15) is 13.2 Å². The molecule has 0 aliphatic heterocycles.